The third-order valence-electron chi connectivity index (χ3n) is 5.45. The van der Waals surface area contributed by atoms with Crippen LogP contribution >= 0.6 is 11.5 Å². The first kappa shape index (κ1) is 28.7. The second-order valence-electron chi connectivity index (χ2n) is 7.87. The molecule has 0 bridgehead atoms. The summed E-state index contributed by atoms with van der Waals surface area (Å²) in [5, 5.41) is 12.3. The molecule has 0 aliphatic heterocycles. The Morgan fingerprint density at radius 3 is 2.36 bits per heavy atom. The lowest BCUT2D eigenvalue weighted by Crippen LogP contribution is -2.45. The molecule has 1 heterocycles. The zero-order chi connectivity index (χ0) is 28.7. The maximum atomic E-state index is 14.1. The molecule has 1 atom stereocenters. The zero-order valence-electron chi connectivity index (χ0n) is 21.3. The Kier molecular flexibility index (Phi) is 9.28. The van der Waals surface area contributed by atoms with Crippen LogP contribution in [0.3, 0.4) is 0 Å². The Morgan fingerprint density at radius 1 is 1.10 bits per heavy atom. The van der Waals surface area contributed by atoms with Gasteiger partial charge in [-0.15, -0.1) is 0 Å². The van der Waals surface area contributed by atoms with E-state index in [-0.39, 0.29) is 45.6 Å². The highest BCUT2D eigenvalue weighted by atomic mass is 32.1. The molecule has 3 rings (SSSR count). The minimum Gasteiger partial charge on any atom is -0.508 e. The number of carbonyl (C=O) groups excluding carboxylic acids is 4. The van der Waals surface area contributed by atoms with E-state index in [9.17, 15) is 24.3 Å². The van der Waals surface area contributed by atoms with E-state index in [0.29, 0.717) is 17.3 Å². The molecule has 13 nitrogen and oxygen atoms in total. The second kappa shape index (κ2) is 12.6. The molecule has 0 aliphatic carbocycles. The minimum atomic E-state index is -1.44. The maximum Gasteiger partial charge on any atom is 0.325 e. The predicted molar refractivity (Wildman–Crippen MR) is 142 cm³/mol. The number of nitrogens with zero attached hydrogens (tertiary/aromatic N) is 2. The van der Waals surface area contributed by atoms with E-state index < -0.39 is 36.3 Å². The molecule has 14 heteroatoms. The van der Waals surface area contributed by atoms with Crippen LogP contribution in [-0.4, -0.2) is 60.5 Å². The number of methoxy groups -OCH3 is 2. The van der Waals surface area contributed by atoms with Crippen molar-refractivity contribution < 1.29 is 38.5 Å². The van der Waals surface area contributed by atoms with Gasteiger partial charge in [-0.3, -0.25) is 24.1 Å². The summed E-state index contributed by atoms with van der Waals surface area (Å²) in [4.78, 5) is 52.5. The van der Waals surface area contributed by atoms with Crippen molar-refractivity contribution in [2.24, 2.45) is 5.73 Å². The van der Waals surface area contributed by atoms with Gasteiger partial charge >= 0.3 is 5.97 Å². The number of amides is 3. The molecule has 3 amide bonds. The lowest BCUT2D eigenvalue weighted by atomic mass is 10.0. The van der Waals surface area contributed by atoms with E-state index in [4.69, 9.17) is 25.7 Å². The third-order valence-corrected chi connectivity index (χ3v) is 6.30. The van der Waals surface area contributed by atoms with Crippen LogP contribution in [0, 0.1) is 0 Å². The number of phenolic OH excluding ortho intramolecular Hbond substituents is 1. The molecular formula is C25H27N5O8S. The van der Waals surface area contributed by atoms with Crippen molar-refractivity contribution in [2.45, 2.75) is 13.0 Å². The van der Waals surface area contributed by atoms with Gasteiger partial charge in [-0.05, 0) is 48.3 Å². The summed E-state index contributed by atoms with van der Waals surface area (Å²) in [6.07, 6.45) is 0. The van der Waals surface area contributed by atoms with E-state index in [1.54, 1.807) is 13.0 Å². The molecule has 0 unspecified atom stereocenters. The molecular weight excluding hydrogens is 530 g/mol. The van der Waals surface area contributed by atoms with E-state index in [1.165, 1.54) is 50.6 Å². The summed E-state index contributed by atoms with van der Waals surface area (Å²) in [7, 11) is 2.79. The molecule has 3 aromatic rings. The average Bonchev–Trinajstić information content (AvgIpc) is 3.32. The Balaban J connectivity index is 2.26. The van der Waals surface area contributed by atoms with Crippen molar-refractivity contribution in [1.29, 1.82) is 0 Å². The fourth-order valence-corrected chi connectivity index (χ4v) is 4.37. The Morgan fingerprint density at radius 2 is 1.79 bits per heavy atom. The van der Waals surface area contributed by atoms with Gasteiger partial charge < -0.3 is 36.1 Å². The summed E-state index contributed by atoms with van der Waals surface area (Å²) in [6.45, 7) is 1.25. The number of nitrogen functional groups attached to an aromatic ring is 1. The van der Waals surface area contributed by atoms with Crippen LogP contribution in [0.2, 0.25) is 0 Å². The van der Waals surface area contributed by atoms with Crippen molar-refractivity contribution in [1.82, 2.24) is 9.69 Å². The standard InChI is InChI=1S/C25H27N5O8S/c1-4-38-18(32)12-28-24(34)21(13-5-7-14(31)8-6-13)30(16-11-15(36-2)9-10-17(16)37-3)25(35)22-19(26)20(23(27)33)29-39-22/h5-11,21,31H,4,12,26H2,1-3H3,(H2,27,33)(H,28,34)/t21-/m1/s1. The number of aromatic hydroxyl groups is 1. The summed E-state index contributed by atoms with van der Waals surface area (Å²) in [5.74, 6) is -2.79. The summed E-state index contributed by atoms with van der Waals surface area (Å²) in [6, 6.07) is 8.68. The van der Waals surface area contributed by atoms with Crippen molar-refractivity contribution in [3.63, 3.8) is 0 Å². The van der Waals surface area contributed by atoms with Gasteiger partial charge in [0.05, 0.1) is 32.2 Å². The maximum absolute atomic E-state index is 14.1. The Bertz CT molecular complexity index is 1380. The van der Waals surface area contributed by atoms with Gasteiger partial charge in [-0.25, -0.2) is 0 Å². The smallest absolute Gasteiger partial charge is 0.325 e. The zero-order valence-corrected chi connectivity index (χ0v) is 22.1. The van der Waals surface area contributed by atoms with Gasteiger partial charge in [0.1, 0.15) is 34.7 Å². The number of primary amides is 1. The monoisotopic (exact) mass is 557 g/mol. The first-order chi connectivity index (χ1) is 18.6. The van der Waals surface area contributed by atoms with Gasteiger partial charge in [-0.1, -0.05) is 12.1 Å². The number of carbonyl (C=O) groups is 4. The van der Waals surface area contributed by atoms with E-state index >= 15 is 0 Å². The van der Waals surface area contributed by atoms with Gasteiger partial charge in [0.2, 0.25) is 5.91 Å². The Hall–Kier alpha value is -4.85. The molecule has 0 radical (unpaired) electrons. The number of aromatic nitrogens is 1. The van der Waals surface area contributed by atoms with Gasteiger partial charge in [0.15, 0.2) is 5.69 Å². The van der Waals surface area contributed by atoms with Crippen LogP contribution < -0.4 is 31.2 Å². The van der Waals surface area contributed by atoms with Gasteiger partial charge in [-0.2, -0.15) is 4.37 Å². The number of nitrogens with one attached hydrogen (secondary N) is 1. The quantitative estimate of drug-likeness (QED) is 0.251. The third kappa shape index (κ3) is 6.35. The largest absolute Gasteiger partial charge is 0.508 e. The molecule has 0 saturated heterocycles. The van der Waals surface area contributed by atoms with E-state index in [2.05, 4.69) is 9.69 Å². The van der Waals surface area contributed by atoms with Crippen molar-refractivity contribution >= 4 is 46.6 Å². The molecule has 0 aliphatic rings. The number of phenols is 1. The second-order valence-corrected chi connectivity index (χ2v) is 8.64. The van der Waals surface area contributed by atoms with Gasteiger partial charge in [0, 0.05) is 6.07 Å². The number of hydrogen-bond donors (Lipinski definition) is 4. The normalized spacial score (nSPS) is 11.3. The summed E-state index contributed by atoms with van der Waals surface area (Å²) >= 11 is 0.626. The van der Waals surface area contributed by atoms with Crippen LogP contribution in [0.5, 0.6) is 17.2 Å². The number of nitrogens with two attached hydrogens (primary N) is 2. The lowest BCUT2D eigenvalue weighted by molar-refractivity contribution is -0.143. The molecule has 39 heavy (non-hydrogen) atoms. The number of esters is 1. The van der Waals surface area contributed by atoms with Crippen LogP contribution in [-0.2, 0) is 14.3 Å². The topological polar surface area (TPSA) is 196 Å². The van der Waals surface area contributed by atoms with Crippen LogP contribution in [0.15, 0.2) is 42.5 Å². The molecule has 2 aromatic carbocycles. The lowest BCUT2D eigenvalue weighted by Gasteiger charge is -2.32. The van der Waals surface area contributed by atoms with E-state index in [0.717, 1.165) is 4.90 Å². The highest BCUT2D eigenvalue weighted by molar-refractivity contribution is 7.09. The minimum absolute atomic E-state index is 0.0842. The number of hydrogen-bond acceptors (Lipinski definition) is 11. The van der Waals surface area contributed by atoms with Crippen molar-refractivity contribution in [3.8, 4) is 17.2 Å². The van der Waals surface area contributed by atoms with Crippen LogP contribution in [0.4, 0.5) is 11.4 Å². The molecule has 6 N–H and O–H groups in total. The molecule has 0 saturated carbocycles. The van der Waals surface area contributed by atoms with Crippen LogP contribution in [0.1, 0.15) is 38.7 Å². The fourth-order valence-electron chi connectivity index (χ4n) is 3.63. The SMILES string of the molecule is CCOC(=O)CNC(=O)[C@@H](c1ccc(O)cc1)N(C(=O)c1snc(C(N)=O)c1N)c1cc(OC)ccc1OC. The first-order valence-corrected chi connectivity index (χ1v) is 12.2. The predicted octanol–water partition coefficient (Wildman–Crippen LogP) is 1.61. The highest BCUT2D eigenvalue weighted by Gasteiger charge is 2.38. The molecule has 1 aromatic heterocycles. The van der Waals surface area contributed by atoms with Crippen molar-refractivity contribution in [2.75, 3.05) is 38.0 Å². The molecule has 0 fully saturated rings. The number of rotatable bonds is 11. The molecule has 0 spiro atoms. The van der Waals surface area contributed by atoms with Gasteiger partial charge in [0.25, 0.3) is 11.8 Å². The first-order valence-electron chi connectivity index (χ1n) is 11.5. The summed E-state index contributed by atoms with van der Waals surface area (Å²) < 4.78 is 19.6. The number of ether oxygens (including phenoxy) is 3. The number of benzene rings is 2. The summed E-state index contributed by atoms with van der Waals surface area (Å²) in [5.41, 5.74) is 11.2. The van der Waals surface area contributed by atoms with Crippen LogP contribution in [0.25, 0.3) is 0 Å². The fraction of sp³-hybridized carbons (Fsp3) is 0.240. The van der Waals surface area contributed by atoms with Crippen molar-refractivity contribution in [3.05, 3.63) is 58.6 Å². The molecule has 206 valence electrons. The Labute approximate surface area is 227 Å². The number of anilines is 2. The highest BCUT2D eigenvalue weighted by Crippen LogP contribution is 2.40. The van der Waals surface area contributed by atoms with E-state index in [1.807, 2.05) is 0 Å². The average molecular weight is 558 g/mol.